The Labute approximate surface area is 220 Å². The molecule has 196 valence electrons. The summed E-state index contributed by atoms with van der Waals surface area (Å²) in [5, 5.41) is 26.2. The topological polar surface area (TPSA) is 138 Å². The van der Waals surface area contributed by atoms with Crippen LogP contribution in [0.4, 0.5) is 0 Å². The standard InChI is InChI=1S/C17H21N3OS.C10H11NO4/c1-13-8-16(22-18)2-3-17(13)15-9-14(10-19-11-15)12-20-4-6-21-7-5-20;1-6(11-5-12)7-2-3-8(10(14)15)9(13)4-7/h2-3,8-11H,4-7,12,18H2,1H3;2-6,13H,1H3,(H,11,12)(H,14,15). The summed E-state index contributed by atoms with van der Waals surface area (Å²) in [5.74, 6) is -1.49. The SMILES string of the molecule is CC(NC=O)c1ccc(C(=O)O)c(O)c1.Cc1cc(SN)ccc1-c1cncc(CN2CCOCC2)c1. The Bertz CT molecular complexity index is 1220. The van der Waals surface area contributed by atoms with Crippen LogP contribution in [0.15, 0.2) is 59.8 Å². The number of morpholine rings is 1. The predicted molar refractivity (Wildman–Crippen MR) is 143 cm³/mol. The number of carboxylic acids is 1. The van der Waals surface area contributed by atoms with E-state index in [1.807, 2.05) is 12.4 Å². The number of carboxylic acid groups (broad SMARTS) is 1. The molecule has 0 spiro atoms. The van der Waals surface area contributed by atoms with E-state index in [1.165, 1.54) is 40.8 Å². The second-order valence-electron chi connectivity index (χ2n) is 8.65. The van der Waals surface area contributed by atoms with Crippen LogP contribution in [0.1, 0.15) is 40.0 Å². The van der Waals surface area contributed by atoms with Crippen molar-refractivity contribution in [1.29, 1.82) is 0 Å². The van der Waals surface area contributed by atoms with Crippen LogP contribution in [-0.2, 0) is 16.1 Å². The second kappa shape index (κ2) is 13.8. The molecule has 4 rings (SSSR count). The molecule has 0 saturated carbocycles. The van der Waals surface area contributed by atoms with Crippen molar-refractivity contribution in [2.75, 3.05) is 26.3 Å². The van der Waals surface area contributed by atoms with Crippen LogP contribution in [0.3, 0.4) is 0 Å². The number of carbonyl (C=O) groups excluding carboxylic acids is 1. The predicted octanol–water partition coefficient (Wildman–Crippen LogP) is 3.75. The molecule has 1 aromatic heterocycles. The van der Waals surface area contributed by atoms with E-state index in [4.69, 9.17) is 15.0 Å². The van der Waals surface area contributed by atoms with Crippen molar-refractivity contribution in [3.8, 4) is 16.9 Å². The van der Waals surface area contributed by atoms with Crippen molar-refractivity contribution in [3.63, 3.8) is 0 Å². The van der Waals surface area contributed by atoms with E-state index in [0.717, 1.165) is 43.3 Å². The van der Waals surface area contributed by atoms with Gasteiger partial charge in [0, 0.05) is 42.5 Å². The third-order valence-corrected chi connectivity index (χ3v) is 6.55. The van der Waals surface area contributed by atoms with Gasteiger partial charge in [0.15, 0.2) is 0 Å². The monoisotopic (exact) mass is 524 g/mol. The Hall–Kier alpha value is -3.44. The van der Waals surface area contributed by atoms with E-state index >= 15 is 0 Å². The fraction of sp³-hybridized carbons (Fsp3) is 0.296. The number of hydrogen-bond donors (Lipinski definition) is 4. The lowest BCUT2D eigenvalue weighted by molar-refractivity contribution is -0.110. The number of rotatable bonds is 8. The molecule has 0 bridgehead atoms. The Morgan fingerprint density at radius 2 is 1.97 bits per heavy atom. The van der Waals surface area contributed by atoms with Crippen molar-refractivity contribution >= 4 is 24.3 Å². The normalized spacial score (nSPS) is 14.2. The average Bonchev–Trinajstić information content (AvgIpc) is 2.89. The largest absolute Gasteiger partial charge is 0.507 e. The zero-order chi connectivity index (χ0) is 26.8. The zero-order valence-corrected chi connectivity index (χ0v) is 21.7. The van der Waals surface area contributed by atoms with E-state index < -0.39 is 5.97 Å². The quantitative estimate of drug-likeness (QED) is 0.256. The summed E-state index contributed by atoms with van der Waals surface area (Å²) in [4.78, 5) is 28.7. The summed E-state index contributed by atoms with van der Waals surface area (Å²) in [6.07, 6.45) is 4.44. The number of ether oxygens (including phenoxy) is 1. The number of nitrogens with zero attached hydrogens (tertiary/aromatic N) is 2. The molecule has 37 heavy (non-hydrogen) atoms. The molecule has 2 heterocycles. The lowest BCUT2D eigenvalue weighted by atomic mass is 10.0. The molecule has 1 saturated heterocycles. The van der Waals surface area contributed by atoms with Gasteiger partial charge >= 0.3 is 5.97 Å². The van der Waals surface area contributed by atoms with Crippen LogP contribution in [0.2, 0.25) is 0 Å². The van der Waals surface area contributed by atoms with Crippen molar-refractivity contribution in [1.82, 2.24) is 15.2 Å². The molecular weight excluding hydrogens is 492 g/mol. The molecule has 10 heteroatoms. The first-order valence-electron chi connectivity index (χ1n) is 11.8. The lowest BCUT2D eigenvalue weighted by Crippen LogP contribution is -2.35. The van der Waals surface area contributed by atoms with E-state index in [0.29, 0.717) is 12.0 Å². The molecule has 1 atom stereocenters. The first kappa shape index (κ1) is 28.1. The number of hydrogen-bond acceptors (Lipinski definition) is 8. The molecule has 1 amide bonds. The number of carbonyl (C=O) groups is 2. The van der Waals surface area contributed by atoms with Crippen molar-refractivity contribution < 1.29 is 24.5 Å². The molecule has 1 aliphatic rings. The number of pyridine rings is 1. The Morgan fingerprint density at radius 3 is 2.59 bits per heavy atom. The minimum Gasteiger partial charge on any atom is -0.507 e. The molecule has 1 unspecified atom stereocenters. The Kier molecular flexibility index (Phi) is 10.5. The van der Waals surface area contributed by atoms with Crippen LogP contribution < -0.4 is 10.5 Å². The van der Waals surface area contributed by atoms with Crippen LogP contribution in [0.5, 0.6) is 5.75 Å². The fourth-order valence-corrected chi connectivity index (χ4v) is 4.36. The molecule has 9 nitrogen and oxygen atoms in total. The Balaban J connectivity index is 0.000000222. The average molecular weight is 525 g/mol. The summed E-state index contributed by atoms with van der Waals surface area (Å²) >= 11 is 1.28. The number of aromatic hydroxyl groups is 1. The summed E-state index contributed by atoms with van der Waals surface area (Å²) in [5.41, 5.74) is 5.34. The summed E-state index contributed by atoms with van der Waals surface area (Å²) < 4.78 is 5.40. The smallest absolute Gasteiger partial charge is 0.339 e. The number of aromatic nitrogens is 1. The van der Waals surface area contributed by atoms with Gasteiger partial charge in [0.1, 0.15) is 11.3 Å². The minimum atomic E-state index is -1.19. The summed E-state index contributed by atoms with van der Waals surface area (Å²) in [6.45, 7) is 8.40. The van der Waals surface area contributed by atoms with Crippen LogP contribution in [0, 0.1) is 6.92 Å². The molecular formula is C27H32N4O5S. The van der Waals surface area contributed by atoms with Gasteiger partial charge in [0.25, 0.3) is 0 Å². The van der Waals surface area contributed by atoms with Gasteiger partial charge in [0.2, 0.25) is 6.41 Å². The molecule has 0 aliphatic carbocycles. The van der Waals surface area contributed by atoms with E-state index in [2.05, 4.69) is 46.4 Å². The molecule has 2 aromatic carbocycles. The number of aromatic carboxylic acids is 1. The number of nitrogens with one attached hydrogen (secondary N) is 1. The minimum absolute atomic E-state index is 0.156. The van der Waals surface area contributed by atoms with Crippen molar-refractivity contribution in [2.45, 2.75) is 31.3 Å². The maximum atomic E-state index is 10.6. The number of phenols is 1. The van der Waals surface area contributed by atoms with Crippen molar-refractivity contribution in [2.24, 2.45) is 5.14 Å². The maximum Gasteiger partial charge on any atom is 0.339 e. The molecule has 3 aromatic rings. The fourth-order valence-electron chi connectivity index (χ4n) is 3.97. The van der Waals surface area contributed by atoms with Gasteiger partial charge in [-0.15, -0.1) is 0 Å². The zero-order valence-electron chi connectivity index (χ0n) is 20.9. The number of nitrogens with two attached hydrogens (primary N) is 1. The molecule has 1 aliphatic heterocycles. The second-order valence-corrected chi connectivity index (χ2v) is 9.36. The number of amides is 1. The highest BCUT2D eigenvalue weighted by Gasteiger charge is 2.13. The molecule has 5 N–H and O–H groups in total. The summed E-state index contributed by atoms with van der Waals surface area (Å²) in [6, 6.07) is 12.4. The van der Waals surface area contributed by atoms with E-state index in [9.17, 15) is 14.7 Å². The van der Waals surface area contributed by atoms with E-state index in [-0.39, 0.29) is 17.4 Å². The van der Waals surface area contributed by atoms with Gasteiger partial charge in [-0.2, -0.15) is 0 Å². The van der Waals surface area contributed by atoms with Crippen LogP contribution >= 0.6 is 11.9 Å². The van der Waals surface area contributed by atoms with Gasteiger partial charge in [-0.3, -0.25) is 19.8 Å². The van der Waals surface area contributed by atoms with Gasteiger partial charge in [-0.1, -0.05) is 12.1 Å². The maximum absolute atomic E-state index is 10.6. The summed E-state index contributed by atoms with van der Waals surface area (Å²) in [7, 11) is 0. The first-order chi connectivity index (χ1) is 17.8. The highest BCUT2D eigenvalue weighted by atomic mass is 32.2. The van der Waals surface area contributed by atoms with Gasteiger partial charge in [-0.05, 0) is 78.4 Å². The third kappa shape index (κ3) is 8.02. The number of aryl methyl sites for hydroxylation is 1. The number of benzene rings is 2. The molecule has 1 fully saturated rings. The van der Waals surface area contributed by atoms with Gasteiger partial charge in [0.05, 0.1) is 19.3 Å². The lowest BCUT2D eigenvalue weighted by Gasteiger charge is -2.26. The van der Waals surface area contributed by atoms with Crippen LogP contribution in [-0.4, -0.2) is 58.8 Å². The van der Waals surface area contributed by atoms with Gasteiger partial charge in [-0.25, -0.2) is 4.79 Å². The van der Waals surface area contributed by atoms with Crippen molar-refractivity contribution in [3.05, 3.63) is 77.1 Å². The van der Waals surface area contributed by atoms with E-state index in [1.54, 1.807) is 13.0 Å². The highest BCUT2D eigenvalue weighted by Crippen LogP contribution is 2.27. The van der Waals surface area contributed by atoms with Crippen LogP contribution in [0.25, 0.3) is 11.1 Å². The highest BCUT2D eigenvalue weighted by molar-refractivity contribution is 7.97. The molecule has 0 radical (unpaired) electrons. The third-order valence-electron chi connectivity index (χ3n) is 6.02. The first-order valence-corrected chi connectivity index (χ1v) is 12.7. The Morgan fingerprint density at radius 1 is 1.22 bits per heavy atom. The van der Waals surface area contributed by atoms with Gasteiger partial charge < -0.3 is 20.3 Å².